The zero-order valence-electron chi connectivity index (χ0n) is 22.8. The molecule has 0 bridgehead atoms. The fourth-order valence-electron chi connectivity index (χ4n) is 3.95. The Balaban J connectivity index is 2.43. The second-order valence-corrected chi connectivity index (χ2v) is 10.7. The van der Waals surface area contributed by atoms with Gasteiger partial charge in [0.2, 0.25) is 11.8 Å². The summed E-state index contributed by atoms with van der Waals surface area (Å²) in [5.74, 6) is -0.852. The van der Waals surface area contributed by atoms with Crippen LogP contribution in [0.2, 0.25) is 0 Å². The van der Waals surface area contributed by atoms with Crippen molar-refractivity contribution in [3.8, 4) is 0 Å². The van der Waals surface area contributed by atoms with E-state index in [-0.39, 0.29) is 23.8 Å². The monoisotopic (exact) mass is 495 g/mol. The Bertz CT molecular complexity index is 1030. The van der Waals surface area contributed by atoms with E-state index in [1.165, 1.54) is 0 Å². The Hall–Kier alpha value is -3.35. The maximum Gasteiger partial charge on any atom is 0.408 e. The Labute approximate surface area is 215 Å². The van der Waals surface area contributed by atoms with Gasteiger partial charge in [0, 0.05) is 12.6 Å². The molecule has 0 aliphatic heterocycles. The standard InChI is InChI=1S/C29H41N3O4/c1-19(2)24(31-28(35)36-29(6,7)8)27(34)32(20(3)4)25(23-16-12-13-21(5)17-23)26(33)30-18-22-14-10-9-11-15-22/h9-17,19-20,24-25H,18H2,1-8H3,(H,30,33)(H,31,35). The molecule has 0 saturated carbocycles. The highest BCUT2D eigenvalue weighted by Crippen LogP contribution is 2.27. The topological polar surface area (TPSA) is 87.7 Å². The molecule has 196 valence electrons. The molecule has 3 amide bonds. The average Bonchev–Trinajstić information content (AvgIpc) is 2.78. The molecule has 0 spiro atoms. The van der Waals surface area contributed by atoms with Gasteiger partial charge in [0.25, 0.3) is 0 Å². The number of carbonyl (C=O) groups is 3. The SMILES string of the molecule is Cc1cccc(C(C(=O)NCc2ccccc2)N(C(=O)C(NC(=O)OC(C)(C)C)C(C)C)C(C)C)c1. The lowest BCUT2D eigenvalue weighted by Gasteiger charge is -2.38. The summed E-state index contributed by atoms with van der Waals surface area (Å²) in [5.41, 5.74) is 1.95. The van der Waals surface area contributed by atoms with Crippen LogP contribution in [0.4, 0.5) is 4.79 Å². The van der Waals surface area contributed by atoms with E-state index in [9.17, 15) is 14.4 Å². The van der Waals surface area contributed by atoms with Crippen molar-refractivity contribution in [2.24, 2.45) is 5.92 Å². The number of benzene rings is 2. The van der Waals surface area contributed by atoms with E-state index < -0.39 is 23.8 Å². The minimum Gasteiger partial charge on any atom is -0.444 e. The van der Waals surface area contributed by atoms with Gasteiger partial charge in [0.15, 0.2) is 0 Å². The molecule has 0 aliphatic carbocycles. The first-order chi connectivity index (χ1) is 16.8. The van der Waals surface area contributed by atoms with Gasteiger partial charge in [-0.15, -0.1) is 0 Å². The van der Waals surface area contributed by atoms with Crippen LogP contribution in [0.15, 0.2) is 54.6 Å². The van der Waals surface area contributed by atoms with Crippen molar-refractivity contribution in [1.82, 2.24) is 15.5 Å². The first-order valence-electron chi connectivity index (χ1n) is 12.5. The summed E-state index contributed by atoms with van der Waals surface area (Å²) in [4.78, 5) is 41.8. The van der Waals surface area contributed by atoms with Crippen LogP contribution in [0.25, 0.3) is 0 Å². The van der Waals surface area contributed by atoms with E-state index in [1.54, 1.807) is 25.7 Å². The van der Waals surface area contributed by atoms with E-state index in [2.05, 4.69) is 10.6 Å². The van der Waals surface area contributed by atoms with Gasteiger partial charge in [0.1, 0.15) is 17.7 Å². The molecule has 0 fully saturated rings. The van der Waals surface area contributed by atoms with Gasteiger partial charge >= 0.3 is 6.09 Å². The summed E-state index contributed by atoms with van der Waals surface area (Å²) in [6, 6.07) is 15.2. The number of hydrogen-bond acceptors (Lipinski definition) is 4. The fourth-order valence-corrected chi connectivity index (χ4v) is 3.95. The molecule has 2 N–H and O–H groups in total. The molecule has 7 heteroatoms. The highest BCUT2D eigenvalue weighted by atomic mass is 16.6. The number of carbonyl (C=O) groups excluding carboxylic acids is 3. The van der Waals surface area contributed by atoms with E-state index in [0.717, 1.165) is 11.1 Å². The average molecular weight is 496 g/mol. The number of rotatable bonds is 9. The maximum absolute atomic E-state index is 14.0. The lowest BCUT2D eigenvalue weighted by atomic mass is 9.96. The van der Waals surface area contributed by atoms with Crippen molar-refractivity contribution >= 4 is 17.9 Å². The Kier molecular flexibility index (Phi) is 10.1. The van der Waals surface area contributed by atoms with Gasteiger partial charge in [-0.2, -0.15) is 0 Å². The second kappa shape index (κ2) is 12.6. The molecular weight excluding hydrogens is 454 g/mol. The lowest BCUT2D eigenvalue weighted by molar-refractivity contribution is -0.145. The molecule has 0 aliphatic rings. The van der Waals surface area contributed by atoms with Gasteiger partial charge in [-0.05, 0) is 58.6 Å². The predicted octanol–water partition coefficient (Wildman–Crippen LogP) is 5.14. The number of hydrogen-bond donors (Lipinski definition) is 2. The molecule has 2 atom stereocenters. The number of alkyl carbamates (subject to hydrolysis) is 1. The minimum atomic E-state index is -0.872. The molecule has 0 aromatic heterocycles. The van der Waals surface area contributed by atoms with Crippen molar-refractivity contribution in [2.45, 2.75) is 85.7 Å². The Morgan fingerprint density at radius 2 is 1.58 bits per heavy atom. The van der Waals surface area contributed by atoms with Crippen LogP contribution < -0.4 is 10.6 Å². The van der Waals surface area contributed by atoms with Crippen LogP contribution in [0.3, 0.4) is 0 Å². The summed E-state index contributed by atoms with van der Waals surface area (Å²) >= 11 is 0. The zero-order valence-corrected chi connectivity index (χ0v) is 22.8. The molecule has 2 aromatic carbocycles. The molecule has 2 aromatic rings. The van der Waals surface area contributed by atoms with Gasteiger partial charge < -0.3 is 20.3 Å². The van der Waals surface area contributed by atoms with Gasteiger partial charge in [0.05, 0.1) is 0 Å². The third-order valence-electron chi connectivity index (χ3n) is 5.61. The van der Waals surface area contributed by atoms with Crippen molar-refractivity contribution in [3.05, 3.63) is 71.3 Å². The Morgan fingerprint density at radius 3 is 2.11 bits per heavy atom. The van der Waals surface area contributed by atoms with Crippen LogP contribution in [-0.4, -0.2) is 40.5 Å². The molecule has 2 rings (SSSR count). The van der Waals surface area contributed by atoms with E-state index >= 15 is 0 Å². The summed E-state index contributed by atoms with van der Waals surface area (Å²) in [6.45, 7) is 15.0. The highest BCUT2D eigenvalue weighted by molar-refractivity contribution is 5.92. The molecule has 0 radical (unpaired) electrons. The molecular formula is C29H41N3O4. The second-order valence-electron chi connectivity index (χ2n) is 10.7. The van der Waals surface area contributed by atoms with Crippen LogP contribution in [0, 0.1) is 12.8 Å². The van der Waals surface area contributed by atoms with Crippen LogP contribution in [-0.2, 0) is 20.9 Å². The fraction of sp³-hybridized carbons (Fsp3) is 0.483. The Morgan fingerprint density at radius 1 is 0.944 bits per heavy atom. The third-order valence-corrected chi connectivity index (χ3v) is 5.61. The van der Waals surface area contributed by atoms with Gasteiger partial charge in [-0.3, -0.25) is 9.59 Å². The number of nitrogens with zero attached hydrogens (tertiary/aromatic N) is 1. The van der Waals surface area contributed by atoms with Crippen molar-refractivity contribution < 1.29 is 19.1 Å². The first kappa shape index (κ1) is 28.9. The lowest BCUT2D eigenvalue weighted by Crippen LogP contribution is -2.56. The minimum absolute atomic E-state index is 0.225. The van der Waals surface area contributed by atoms with Crippen molar-refractivity contribution in [3.63, 3.8) is 0 Å². The van der Waals surface area contributed by atoms with E-state index in [4.69, 9.17) is 4.74 Å². The van der Waals surface area contributed by atoms with Gasteiger partial charge in [-0.25, -0.2) is 4.79 Å². The summed E-state index contributed by atoms with van der Waals surface area (Å²) in [6.07, 6.45) is -0.668. The molecule has 7 nitrogen and oxygen atoms in total. The maximum atomic E-state index is 14.0. The normalized spacial score (nSPS) is 13.2. The summed E-state index contributed by atoms with van der Waals surface area (Å²) in [5, 5.41) is 5.74. The van der Waals surface area contributed by atoms with Crippen molar-refractivity contribution in [1.29, 1.82) is 0 Å². The van der Waals surface area contributed by atoms with Crippen molar-refractivity contribution in [2.75, 3.05) is 0 Å². The van der Waals surface area contributed by atoms with E-state index in [1.807, 2.05) is 89.2 Å². The highest BCUT2D eigenvalue weighted by Gasteiger charge is 2.38. The number of ether oxygens (including phenoxy) is 1. The smallest absolute Gasteiger partial charge is 0.408 e. The molecule has 2 unspecified atom stereocenters. The quantitative estimate of drug-likeness (QED) is 0.504. The van der Waals surface area contributed by atoms with E-state index in [0.29, 0.717) is 12.1 Å². The van der Waals surface area contributed by atoms with Crippen LogP contribution >= 0.6 is 0 Å². The largest absolute Gasteiger partial charge is 0.444 e. The predicted molar refractivity (Wildman–Crippen MR) is 142 cm³/mol. The zero-order chi connectivity index (χ0) is 27.0. The number of amides is 3. The number of nitrogens with one attached hydrogen (secondary N) is 2. The molecule has 36 heavy (non-hydrogen) atoms. The molecule has 0 saturated heterocycles. The summed E-state index contributed by atoms with van der Waals surface area (Å²) in [7, 11) is 0. The van der Waals surface area contributed by atoms with Crippen LogP contribution in [0.5, 0.6) is 0 Å². The third kappa shape index (κ3) is 8.40. The first-order valence-corrected chi connectivity index (χ1v) is 12.5. The van der Waals surface area contributed by atoms with Gasteiger partial charge in [-0.1, -0.05) is 74.0 Å². The summed E-state index contributed by atoms with van der Waals surface area (Å²) < 4.78 is 5.40. The van der Waals surface area contributed by atoms with Crippen LogP contribution in [0.1, 0.15) is 71.2 Å². The molecule has 0 heterocycles. The number of aryl methyl sites for hydroxylation is 1.